The number of hydrogen-bond donors (Lipinski definition) is 2. The molecule has 4 nitrogen and oxygen atoms in total. The summed E-state index contributed by atoms with van der Waals surface area (Å²) in [6.45, 7) is 2.13. The molecule has 0 amide bonds. The monoisotopic (exact) mass is 264 g/mol. The summed E-state index contributed by atoms with van der Waals surface area (Å²) in [4.78, 5) is 22.0. The topological polar surface area (TPSA) is 74.6 Å². The summed E-state index contributed by atoms with van der Waals surface area (Å²) in [6, 6.07) is 0. The van der Waals surface area contributed by atoms with Gasteiger partial charge in [-0.1, -0.05) is 44.4 Å². The second-order valence-electron chi connectivity index (χ2n) is 4.63. The lowest BCUT2D eigenvalue weighted by atomic mass is 9.90. The summed E-state index contributed by atoms with van der Waals surface area (Å²) in [5.74, 6) is -2.71. The predicted octanol–water partition coefficient (Wildman–Crippen LogP) is 3.16. The number of rotatable bonds is 7. The molecule has 19 heavy (non-hydrogen) atoms. The summed E-state index contributed by atoms with van der Waals surface area (Å²) in [7, 11) is 0. The number of carboxylic acid groups (broad SMARTS) is 2. The maximum absolute atomic E-state index is 11.1. The molecule has 0 spiro atoms. The Morgan fingerprint density at radius 1 is 1.26 bits per heavy atom. The van der Waals surface area contributed by atoms with Gasteiger partial charge in [0, 0.05) is 0 Å². The number of carbonyl (C=O) groups is 2. The number of carboxylic acids is 2. The van der Waals surface area contributed by atoms with Crippen molar-refractivity contribution in [2.24, 2.45) is 5.92 Å². The lowest BCUT2D eigenvalue weighted by molar-refractivity contribution is -0.139. The van der Waals surface area contributed by atoms with Gasteiger partial charge in [-0.25, -0.2) is 4.79 Å². The molecule has 0 radical (unpaired) electrons. The van der Waals surface area contributed by atoms with E-state index in [4.69, 9.17) is 10.2 Å². The van der Waals surface area contributed by atoms with Gasteiger partial charge in [-0.05, 0) is 24.5 Å². The minimum absolute atomic E-state index is 0.136. The van der Waals surface area contributed by atoms with Gasteiger partial charge < -0.3 is 10.2 Å². The third-order valence-electron chi connectivity index (χ3n) is 3.10. The van der Waals surface area contributed by atoms with Crippen LogP contribution in [0, 0.1) is 5.92 Å². The molecule has 0 aromatic carbocycles. The van der Waals surface area contributed by atoms with Crippen LogP contribution in [0.1, 0.15) is 39.0 Å². The van der Waals surface area contributed by atoms with Crippen molar-refractivity contribution in [2.75, 3.05) is 0 Å². The second kappa shape index (κ2) is 7.56. The van der Waals surface area contributed by atoms with Crippen LogP contribution in [0.2, 0.25) is 0 Å². The highest BCUT2D eigenvalue weighted by atomic mass is 16.4. The van der Waals surface area contributed by atoms with Crippen LogP contribution in [0.25, 0.3) is 0 Å². The minimum Gasteiger partial charge on any atom is -0.481 e. The fourth-order valence-electron chi connectivity index (χ4n) is 2.01. The molecule has 0 aromatic heterocycles. The van der Waals surface area contributed by atoms with E-state index in [9.17, 15) is 9.59 Å². The van der Waals surface area contributed by atoms with Gasteiger partial charge in [0.15, 0.2) is 0 Å². The van der Waals surface area contributed by atoms with Gasteiger partial charge in [-0.15, -0.1) is 0 Å². The molecular weight excluding hydrogens is 244 g/mol. The Hall–Kier alpha value is -1.84. The molecule has 2 N–H and O–H groups in total. The van der Waals surface area contributed by atoms with Gasteiger partial charge >= 0.3 is 11.9 Å². The van der Waals surface area contributed by atoms with Crippen molar-refractivity contribution in [3.05, 3.63) is 35.5 Å². The Balaban J connectivity index is 2.73. The largest absolute Gasteiger partial charge is 0.481 e. The van der Waals surface area contributed by atoms with E-state index in [1.165, 1.54) is 24.6 Å². The van der Waals surface area contributed by atoms with E-state index in [-0.39, 0.29) is 5.57 Å². The first kappa shape index (κ1) is 15.2. The average molecular weight is 264 g/mol. The maximum Gasteiger partial charge on any atom is 0.335 e. The molecule has 1 atom stereocenters. The van der Waals surface area contributed by atoms with Crippen LogP contribution in [0.3, 0.4) is 0 Å². The smallest absolute Gasteiger partial charge is 0.335 e. The quantitative estimate of drug-likeness (QED) is 0.693. The van der Waals surface area contributed by atoms with Crippen molar-refractivity contribution in [2.45, 2.75) is 39.0 Å². The first-order chi connectivity index (χ1) is 9.06. The molecule has 4 heteroatoms. The Bertz CT molecular complexity index is 429. The molecule has 0 fully saturated rings. The van der Waals surface area contributed by atoms with Crippen molar-refractivity contribution >= 4 is 11.9 Å². The van der Waals surface area contributed by atoms with Gasteiger partial charge in [0.25, 0.3) is 0 Å². The molecule has 104 valence electrons. The Labute approximate surface area is 113 Å². The van der Waals surface area contributed by atoms with E-state index in [0.29, 0.717) is 5.57 Å². The van der Waals surface area contributed by atoms with Crippen LogP contribution in [0.15, 0.2) is 35.5 Å². The molecule has 0 saturated heterocycles. The Morgan fingerprint density at radius 3 is 2.58 bits per heavy atom. The summed E-state index contributed by atoms with van der Waals surface area (Å²) >= 11 is 0. The van der Waals surface area contributed by atoms with Gasteiger partial charge in [0.05, 0.1) is 11.5 Å². The van der Waals surface area contributed by atoms with Crippen LogP contribution in [-0.2, 0) is 9.59 Å². The number of aliphatic carboxylic acids is 2. The maximum atomic E-state index is 11.1. The first-order valence-electron chi connectivity index (χ1n) is 6.62. The lowest BCUT2D eigenvalue weighted by Gasteiger charge is -2.14. The van der Waals surface area contributed by atoms with Crippen LogP contribution in [-0.4, -0.2) is 22.2 Å². The standard InChI is InChI=1S/C15H20O4/c1-2-3-4-5-6-7-11-10-12(14(16)17)8-9-13(11)15(18)19/h7-10,13H,2-6H2,1H3,(H,16,17)(H,18,19). The predicted molar refractivity (Wildman–Crippen MR) is 72.8 cm³/mol. The molecule has 0 aromatic rings. The van der Waals surface area contributed by atoms with Gasteiger partial charge in [0.1, 0.15) is 0 Å². The molecule has 0 heterocycles. The fraction of sp³-hybridized carbons (Fsp3) is 0.467. The van der Waals surface area contributed by atoms with Gasteiger partial charge in [-0.2, -0.15) is 0 Å². The number of allylic oxidation sites excluding steroid dienone is 2. The first-order valence-corrected chi connectivity index (χ1v) is 6.62. The second-order valence-corrected chi connectivity index (χ2v) is 4.63. The average Bonchev–Trinajstić information content (AvgIpc) is 2.38. The van der Waals surface area contributed by atoms with Gasteiger partial charge in [-0.3, -0.25) is 4.79 Å². The number of hydrogen-bond acceptors (Lipinski definition) is 2. The van der Waals surface area contributed by atoms with E-state index >= 15 is 0 Å². The van der Waals surface area contributed by atoms with Crippen molar-refractivity contribution in [1.82, 2.24) is 0 Å². The molecule has 1 rings (SSSR count). The Morgan fingerprint density at radius 2 is 2.00 bits per heavy atom. The summed E-state index contributed by atoms with van der Waals surface area (Å²) < 4.78 is 0. The van der Waals surface area contributed by atoms with Crippen LogP contribution < -0.4 is 0 Å². The molecule has 1 aliphatic rings. The molecule has 1 aliphatic carbocycles. The lowest BCUT2D eigenvalue weighted by Crippen LogP contribution is -2.17. The van der Waals surface area contributed by atoms with Crippen LogP contribution in [0.4, 0.5) is 0 Å². The molecule has 0 bridgehead atoms. The van der Waals surface area contributed by atoms with Crippen molar-refractivity contribution in [1.29, 1.82) is 0 Å². The summed E-state index contributed by atoms with van der Waals surface area (Å²) in [5.41, 5.74) is 0.709. The summed E-state index contributed by atoms with van der Waals surface area (Å²) in [6.07, 6.45) is 11.3. The molecule has 0 aliphatic heterocycles. The third-order valence-corrected chi connectivity index (χ3v) is 3.10. The highest BCUT2D eigenvalue weighted by Crippen LogP contribution is 2.24. The Kier molecular flexibility index (Phi) is 6.06. The van der Waals surface area contributed by atoms with Crippen molar-refractivity contribution in [3.63, 3.8) is 0 Å². The minimum atomic E-state index is -1.03. The van der Waals surface area contributed by atoms with Crippen molar-refractivity contribution in [3.8, 4) is 0 Å². The molecule has 1 unspecified atom stereocenters. The fourth-order valence-corrected chi connectivity index (χ4v) is 2.01. The zero-order chi connectivity index (χ0) is 14.3. The van der Waals surface area contributed by atoms with E-state index in [2.05, 4.69) is 6.92 Å². The molecule has 0 saturated carbocycles. The summed E-state index contributed by atoms with van der Waals surface area (Å²) in [5, 5.41) is 18.0. The zero-order valence-electron chi connectivity index (χ0n) is 11.1. The van der Waals surface area contributed by atoms with Crippen molar-refractivity contribution < 1.29 is 19.8 Å². The zero-order valence-corrected chi connectivity index (χ0v) is 11.1. The van der Waals surface area contributed by atoms with E-state index < -0.39 is 17.9 Å². The third kappa shape index (κ3) is 4.73. The van der Waals surface area contributed by atoms with E-state index in [1.807, 2.05) is 6.08 Å². The van der Waals surface area contributed by atoms with E-state index in [0.717, 1.165) is 25.7 Å². The number of unbranched alkanes of at least 4 members (excludes halogenated alkanes) is 4. The SMILES string of the molecule is CCCCCCC=C1C=C(C(=O)O)C=CC1C(=O)O. The highest BCUT2D eigenvalue weighted by molar-refractivity contribution is 5.92. The van der Waals surface area contributed by atoms with Crippen LogP contribution in [0.5, 0.6) is 0 Å². The van der Waals surface area contributed by atoms with Gasteiger partial charge in [0.2, 0.25) is 0 Å². The highest BCUT2D eigenvalue weighted by Gasteiger charge is 2.22. The van der Waals surface area contributed by atoms with E-state index in [1.54, 1.807) is 0 Å². The molecular formula is C15H20O4. The van der Waals surface area contributed by atoms with Crippen LogP contribution >= 0.6 is 0 Å². The normalized spacial score (nSPS) is 20.4.